The Balaban J connectivity index is 2.15. The van der Waals surface area contributed by atoms with Gasteiger partial charge in [-0.2, -0.15) is 0 Å². The van der Waals surface area contributed by atoms with E-state index in [0.717, 1.165) is 11.3 Å². The van der Waals surface area contributed by atoms with Crippen LogP contribution in [0.15, 0.2) is 54.6 Å². The summed E-state index contributed by atoms with van der Waals surface area (Å²) in [6.07, 6.45) is 0. The van der Waals surface area contributed by atoms with Crippen LogP contribution in [0.1, 0.15) is 24.1 Å². The number of benzene rings is 2. The molecule has 3 N–H and O–H groups in total. The fourth-order valence-electron chi connectivity index (χ4n) is 2.51. The van der Waals surface area contributed by atoms with Crippen LogP contribution < -0.4 is 10.6 Å². The van der Waals surface area contributed by atoms with Crippen LogP contribution in [-0.4, -0.2) is 25.7 Å². The summed E-state index contributed by atoms with van der Waals surface area (Å²) in [4.78, 5) is 12.8. The molecule has 0 saturated heterocycles. The van der Waals surface area contributed by atoms with E-state index in [1.807, 2.05) is 66.8 Å². The highest BCUT2D eigenvalue weighted by Crippen LogP contribution is 2.14. The molecule has 0 aromatic heterocycles. The van der Waals surface area contributed by atoms with Crippen LogP contribution in [0.25, 0.3) is 0 Å². The number of ether oxygens (including phenoxy) is 1. The van der Waals surface area contributed by atoms with Crippen LogP contribution in [-0.2, 0) is 9.53 Å². The zero-order valence-electron chi connectivity index (χ0n) is 14.0. The molecular formula is C19H25N2O2+. The molecule has 0 aliphatic rings. The zero-order valence-corrected chi connectivity index (χ0v) is 14.0. The van der Waals surface area contributed by atoms with Crippen molar-refractivity contribution >= 4 is 11.6 Å². The van der Waals surface area contributed by atoms with Crippen LogP contribution in [0.4, 0.5) is 5.69 Å². The molecule has 0 radical (unpaired) electrons. The third-order valence-electron chi connectivity index (χ3n) is 3.71. The van der Waals surface area contributed by atoms with E-state index in [2.05, 4.69) is 12.2 Å². The third-order valence-corrected chi connectivity index (χ3v) is 3.71. The van der Waals surface area contributed by atoms with E-state index in [4.69, 9.17) is 4.74 Å². The predicted octanol–water partition coefficient (Wildman–Crippen LogP) is 2.27. The number of anilines is 1. The highest BCUT2D eigenvalue weighted by Gasteiger charge is 2.26. The quantitative estimate of drug-likeness (QED) is 0.824. The van der Waals surface area contributed by atoms with Gasteiger partial charge in [-0.25, -0.2) is 0 Å². The smallest absolute Gasteiger partial charge is 0.287 e. The van der Waals surface area contributed by atoms with Gasteiger partial charge in [-0.1, -0.05) is 48.0 Å². The standard InChI is InChI=1S/C19H24N2O2/c1-14-9-11-17(12-10-14)21-19(22)18(20-15(2)13-23-3)16-7-5-4-6-8-16/h4-12,15,18,20H,13H2,1-3H3,(H,21,22)/p+1/t15-,18-/m0/s1. The number of nitrogens with two attached hydrogens (primary N) is 1. The molecule has 23 heavy (non-hydrogen) atoms. The Bertz CT molecular complexity index is 611. The second-order valence-corrected chi connectivity index (χ2v) is 5.87. The van der Waals surface area contributed by atoms with Crippen LogP contribution >= 0.6 is 0 Å². The third kappa shape index (κ3) is 5.20. The minimum Gasteiger partial charge on any atom is -0.379 e. The van der Waals surface area contributed by atoms with Crippen LogP contribution in [0.3, 0.4) is 0 Å². The van der Waals surface area contributed by atoms with E-state index in [9.17, 15) is 4.79 Å². The lowest BCUT2D eigenvalue weighted by molar-refractivity contribution is -0.713. The van der Waals surface area contributed by atoms with Gasteiger partial charge >= 0.3 is 0 Å². The van der Waals surface area contributed by atoms with Crippen molar-refractivity contribution in [2.24, 2.45) is 0 Å². The molecule has 2 atom stereocenters. The Hall–Kier alpha value is -2.17. The fraction of sp³-hybridized carbons (Fsp3) is 0.316. The van der Waals surface area contributed by atoms with Crippen molar-refractivity contribution in [1.29, 1.82) is 0 Å². The molecule has 2 rings (SSSR count). The first kappa shape index (κ1) is 17.2. The molecule has 0 bridgehead atoms. The SMILES string of the molecule is COC[C@H](C)[NH2+][C@H](C(=O)Nc1ccc(C)cc1)c1ccccc1. The molecule has 0 unspecified atom stereocenters. The number of hydrogen-bond acceptors (Lipinski definition) is 2. The second kappa shape index (κ2) is 8.46. The summed E-state index contributed by atoms with van der Waals surface area (Å²) in [6.45, 7) is 4.68. The number of rotatable bonds is 7. The Morgan fingerprint density at radius 2 is 1.78 bits per heavy atom. The van der Waals surface area contributed by atoms with Gasteiger partial charge in [0.05, 0.1) is 6.61 Å². The van der Waals surface area contributed by atoms with Crippen LogP contribution in [0.5, 0.6) is 0 Å². The van der Waals surface area contributed by atoms with Crippen molar-refractivity contribution in [1.82, 2.24) is 0 Å². The lowest BCUT2D eigenvalue weighted by Crippen LogP contribution is -2.92. The fourth-order valence-corrected chi connectivity index (χ4v) is 2.51. The molecule has 0 aliphatic carbocycles. The summed E-state index contributed by atoms with van der Waals surface area (Å²) < 4.78 is 5.19. The molecule has 0 saturated carbocycles. The van der Waals surface area contributed by atoms with Gasteiger partial charge in [-0.05, 0) is 26.0 Å². The van der Waals surface area contributed by atoms with Crippen molar-refractivity contribution in [2.45, 2.75) is 25.9 Å². The lowest BCUT2D eigenvalue weighted by Gasteiger charge is -2.19. The predicted molar refractivity (Wildman–Crippen MR) is 92.3 cm³/mol. The van der Waals surface area contributed by atoms with Gasteiger partial charge in [0.1, 0.15) is 6.04 Å². The molecule has 2 aromatic carbocycles. The van der Waals surface area contributed by atoms with Gasteiger partial charge in [0.25, 0.3) is 5.91 Å². The van der Waals surface area contributed by atoms with Crippen molar-refractivity contribution in [3.8, 4) is 0 Å². The van der Waals surface area contributed by atoms with E-state index >= 15 is 0 Å². The topological polar surface area (TPSA) is 54.9 Å². The van der Waals surface area contributed by atoms with Crippen molar-refractivity contribution in [3.05, 3.63) is 65.7 Å². The number of methoxy groups -OCH3 is 1. The van der Waals surface area contributed by atoms with E-state index < -0.39 is 0 Å². The molecule has 2 aromatic rings. The van der Waals surface area contributed by atoms with E-state index in [1.165, 1.54) is 5.56 Å². The molecule has 0 fully saturated rings. The number of hydrogen-bond donors (Lipinski definition) is 2. The van der Waals surface area contributed by atoms with Crippen LogP contribution in [0.2, 0.25) is 0 Å². The number of quaternary nitrogens is 1. The van der Waals surface area contributed by atoms with E-state index in [0.29, 0.717) is 6.61 Å². The first-order valence-corrected chi connectivity index (χ1v) is 7.86. The molecule has 0 spiro atoms. The van der Waals surface area contributed by atoms with Crippen molar-refractivity contribution in [2.75, 3.05) is 19.0 Å². The average Bonchev–Trinajstić information content (AvgIpc) is 2.56. The minimum atomic E-state index is -0.303. The van der Waals surface area contributed by atoms with E-state index in [1.54, 1.807) is 7.11 Å². The molecule has 0 aliphatic heterocycles. The summed E-state index contributed by atoms with van der Waals surface area (Å²) in [7, 11) is 1.67. The maximum absolute atomic E-state index is 12.8. The van der Waals surface area contributed by atoms with Gasteiger partial charge in [0.2, 0.25) is 0 Å². The number of carbonyl (C=O) groups excluding carboxylic acids is 1. The molecule has 4 nitrogen and oxygen atoms in total. The van der Waals surface area contributed by atoms with Gasteiger partial charge in [-0.15, -0.1) is 0 Å². The summed E-state index contributed by atoms with van der Waals surface area (Å²) in [5.41, 5.74) is 2.97. The van der Waals surface area contributed by atoms with Gasteiger partial charge < -0.3 is 15.4 Å². The van der Waals surface area contributed by atoms with Crippen LogP contribution in [0, 0.1) is 6.92 Å². The number of nitrogens with one attached hydrogen (secondary N) is 1. The van der Waals surface area contributed by atoms with Gasteiger partial charge in [-0.3, -0.25) is 4.79 Å². The lowest BCUT2D eigenvalue weighted by atomic mass is 10.0. The van der Waals surface area contributed by atoms with Crippen molar-refractivity contribution in [3.63, 3.8) is 0 Å². The zero-order chi connectivity index (χ0) is 16.7. The molecule has 0 heterocycles. The summed E-state index contributed by atoms with van der Waals surface area (Å²) >= 11 is 0. The molecule has 4 heteroatoms. The monoisotopic (exact) mass is 313 g/mol. The molecule has 122 valence electrons. The first-order valence-electron chi connectivity index (χ1n) is 7.86. The summed E-state index contributed by atoms with van der Waals surface area (Å²) in [6, 6.07) is 17.5. The highest BCUT2D eigenvalue weighted by molar-refractivity contribution is 5.94. The second-order valence-electron chi connectivity index (χ2n) is 5.87. The number of carbonyl (C=O) groups is 1. The summed E-state index contributed by atoms with van der Waals surface area (Å²) in [5.74, 6) is -0.0250. The first-order chi connectivity index (χ1) is 11.1. The summed E-state index contributed by atoms with van der Waals surface area (Å²) in [5, 5.41) is 5.05. The normalized spacial score (nSPS) is 13.3. The molecule has 1 amide bonds. The van der Waals surface area contributed by atoms with E-state index in [-0.39, 0.29) is 18.0 Å². The number of amides is 1. The Morgan fingerprint density at radius 3 is 2.39 bits per heavy atom. The minimum absolute atomic E-state index is 0.0250. The maximum atomic E-state index is 12.8. The maximum Gasteiger partial charge on any atom is 0.287 e. The Labute approximate surface area is 137 Å². The molecular weight excluding hydrogens is 288 g/mol. The Kier molecular flexibility index (Phi) is 6.32. The van der Waals surface area contributed by atoms with Gasteiger partial charge in [0, 0.05) is 18.4 Å². The Morgan fingerprint density at radius 1 is 1.13 bits per heavy atom. The number of aryl methyl sites for hydroxylation is 1. The van der Waals surface area contributed by atoms with Gasteiger partial charge in [0.15, 0.2) is 6.04 Å². The highest BCUT2D eigenvalue weighted by atomic mass is 16.5. The van der Waals surface area contributed by atoms with Crippen molar-refractivity contribution < 1.29 is 14.8 Å². The largest absolute Gasteiger partial charge is 0.379 e. The average molecular weight is 313 g/mol.